The van der Waals surface area contributed by atoms with Gasteiger partial charge in [-0.25, -0.2) is 14.4 Å². The number of carbonyl (C=O) groups is 1. The van der Waals surface area contributed by atoms with E-state index in [0.717, 1.165) is 18.4 Å². The SMILES string of the molecule is O=C(CCc1nc2ccccc2c(=O)n1C1CC1)NCc1ccc(Oc2ccc(F)cc2)nc1. The standard InChI is InChI=1S/C26H23FN4O3/c27-18-6-10-20(11-7-18)34-25-14-5-17(16-29-25)15-28-24(32)13-12-23-30-22-4-2-1-3-21(22)26(33)31(23)19-8-9-19/h1-7,10-11,14,16,19H,8-9,12-13,15H2,(H,28,32). The van der Waals surface area contributed by atoms with Crippen molar-refractivity contribution in [2.24, 2.45) is 0 Å². The number of fused-ring (bicyclic) bond motifs is 1. The molecule has 0 atom stereocenters. The number of para-hydroxylation sites is 1. The Morgan fingerprint density at radius 1 is 1.09 bits per heavy atom. The number of rotatable bonds is 8. The van der Waals surface area contributed by atoms with Crippen LogP contribution in [0.2, 0.25) is 0 Å². The third-order valence-electron chi connectivity index (χ3n) is 5.69. The van der Waals surface area contributed by atoms with E-state index in [0.29, 0.717) is 41.3 Å². The van der Waals surface area contributed by atoms with E-state index < -0.39 is 0 Å². The number of nitrogens with one attached hydrogen (secondary N) is 1. The number of carbonyl (C=O) groups excluding carboxylic acids is 1. The smallest absolute Gasteiger partial charge is 0.261 e. The molecular formula is C26H23FN4O3. The molecule has 2 aromatic carbocycles. The van der Waals surface area contributed by atoms with Gasteiger partial charge in [0.15, 0.2) is 0 Å². The van der Waals surface area contributed by atoms with E-state index in [2.05, 4.69) is 15.3 Å². The van der Waals surface area contributed by atoms with Crippen LogP contribution in [0.5, 0.6) is 11.6 Å². The highest BCUT2D eigenvalue weighted by molar-refractivity contribution is 5.78. The third-order valence-corrected chi connectivity index (χ3v) is 5.69. The minimum absolute atomic E-state index is 0.0301. The van der Waals surface area contributed by atoms with Crippen LogP contribution in [0.3, 0.4) is 0 Å². The van der Waals surface area contributed by atoms with Crippen molar-refractivity contribution >= 4 is 16.8 Å². The molecule has 0 unspecified atom stereocenters. The van der Waals surface area contributed by atoms with Crippen molar-refractivity contribution in [3.05, 3.63) is 94.4 Å². The number of ether oxygens (including phenoxy) is 1. The normalized spacial score (nSPS) is 13.1. The van der Waals surface area contributed by atoms with Crippen molar-refractivity contribution in [2.75, 3.05) is 0 Å². The van der Waals surface area contributed by atoms with Crippen molar-refractivity contribution in [3.63, 3.8) is 0 Å². The molecule has 1 N–H and O–H groups in total. The zero-order valence-electron chi connectivity index (χ0n) is 18.4. The Kier molecular flexibility index (Phi) is 6.03. The number of amides is 1. The Balaban J connectivity index is 1.18. The minimum Gasteiger partial charge on any atom is -0.439 e. The molecule has 0 saturated heterocycles. The summed E-state index contributed by atoms with van der Waals surface area (Å²) in [5, 5.41) is 3.50. The predicted molar refractivity (Wildman–Crippen MR) is 125 cm³/mol. The molecule has 0 spiro atoms. The molecule has 0 bridgehead atoms. The molecule has 2 aromatic heterocycles. The Bertz CT molecular complexity index is 1380. The van der Waals surface area contributed by atoms with E-state index in [1.165, 1.54) is 24.3 Å². The summed E-state index contributed by atoms with van der Waals surface area (Å²) in [7, 11) is 0. The fraction of sp³-hybridized carbons (Fsp3) is 0.231. The molecule has 0 radical (unpaired) electrons. The summed E-state index contributed by atoms with van der Waals surface area (Å²) in [6.07, 6.45) is 4.18. The molecule has 8 heteroatoms. The summed E-state index contributed by atoms with van der Waals surface area (Å²) in [5.74, 6) is 1.06. The molecular weight excluding hydrogens is 435 g/mol. The summed E-state index contributed by atoms with van der Waals surface area (Å²) >= 11 is 0. The quantitative estimate of drug-likeness (QED) is 0.425. The maximum Gasteiger partial charge on any atom is 0.261 e. The van der Waals surface area contributed by atoms with Crippen molar-refractivity contribution in [1.29, 1.82) is 0 Å². The zero-order valence-corrected chi connectivity index (χ0v) is 18.4. The van der Waals surface area contributed by atoms with E-state index >= 15 is 0 Å². The van der Waals surface area contributed by atoms with Crippen molar-refractivity contribution in [2.45, 2.75) is 38.3 Å². The van der Waals surface area contributed by atoms with Gasteiger partial charge in [-0.2, -0.15) is 0 Å². The zero-order chi connectivity index (χ0) is 23.5. The first-order chi connectivity index (χ1) is 16.6. The Labute approximate surface area is 195 Å². The molecule has 1 amide bonds. The van der Waals surface area contributed by atoms with Crippen LogP contribution >= 0.6 is 0 Å². The van der Waals surface area contributed by atoms with Gasteiger partial charge in [-0.15, -0.1) is 0 Å². The fourth-order valence-corrected chi connectivity index (χ4v) is 3.79. The average Bonchev–Trinajstić information content (AvgIpc) is 3.69. The summed E-state index contributed by atoms with van der Waals surface area (Å²) in [6, 6.07) is 16.7. The van der Waals surface area contributed by atoms with Crippen LogP contribution in [0, 0.1) is 5.82 Å². The predicted octanol–water partition coefficient (Wildman–Crippen LogP) is 4.31. The van der Waals surface area contributed by atoms with Crippen LogP contribution in [0.4, 0.5) is 4.39 Å². The third kappa shape index (κ3) is 4.96. The Hall–Kier alpha value is -4.07. The first-order valence-electron chi connectivity index (χ1n) is 11.2. The number of pyridine rings is 1. The van der Waals surface area contributed by atoms with Gasteiger partial charge in [-0.3, -0.25) is 14.2 Å². The lowest BCUT2D eigenvalue weighted by atomic mass is 10.2. The Morgan fingerprint density at radius 3 is 2.62 bits per heavy atom. The molecule has 1 aliphatic carbocycles. The number of hydrogen-bond donors (Lipinski definition) is 1. The number of halogens is 1. The number of aryl methyl sites for hydroxylation is 1. The first-order valence-corrected chi connectivity index (χ1v) is 11.2. The molecule has 2 heterocycles. The highest BCUT2D eigenvalue weighted by Crippen LogP contribution is 2.34. The molecule has 7 nitrogen and oxygen atoms in total. The van der Waals surface area contributed by atoms with Crippen LogP contribution in [0.15, 0.2) is 71.7 Å². The Morgan fingerprint density at radius 2 is 1.88 bits per heavy atom. The second-order valence-corrected chi connectivity index (χ2v) is 8.29. The van der Waals surface area contributed by atoms with E-state index in [4.69, 9.17) is 4.74 Å². The fourth-order valence-electron chi connectivity index (χ4n) is 3.79. The van der Waals surface area contributed by atoms with Gasteiger partial charge in [-0.05, 0) is 54.8 Å². The van der Waals surface area contributed by atoms with Crippen LogP contribution in [0.1, 0.15) is 36.7 Å². The second kappa shape index (κ2) is 9.43. The lowest BCUT2D eigenvalue weighted by Gasteiger charge is -2.13. The maximum absolute atomic E-state index is 13.0. The lowest BCUT2D eigenvalue weighted by molar-refractivity contribution is -0.121. The molecule has 0 aliphatic heterocycles. The number of nitrogens with zero attached hydrogens (tertiary/aromatic N) is 3. The summed E-state index contributed by atoms with van der Waals surface area (Å²) in [4.78, 5) is 34.3. The van der Waals surface area contributed by atoms with Crippen LogP contribution in [-0.4, -0.2) is 20.4 Å². The molecule has 34 heavy (non-hydrogen) atoms. The van der Waals surface area contributed by atoms with E-state index in [1.807, 2.05) is 24.3 Å². The second-order valence-electron chi connectivity index (χ2n) is 8.29. The van der Waals surface area contributed by atoms with Crippen molar-refractivity contribution in [1.82, 2.24) is 19.9 Å². The molecule has 1 aliphatic rings. The largest absolute Gasteiger partial charge is 0.439 e. The monoisotopic (exact) mass is 458 g/mol. The molecule has 1 saturated carbocycles. The van der Waals surface area contributed by atoms with Crippen LogP contribution in [-0.2, 0) is 17.8 Å². The van der Waals surface area contributed by atoms with Gasteiger partial charge in [0, 0.05) is 37.7 Å². The highest BCUT2D eigenvalue weighted by Gasteiger charge is 2.28. The lowest BCUT2D eigenvalue weighted by Crippen LogP contribution is -2.27. The van der Waals surface area contributed by atoms with E-state index in [1.54, 1.807) is 22.9 Å². The van der Waals surface area contributed by atoms with Crippen LogP contribution in [0.25, 0.3) is 10.9 Å². The molecule has 4 aromatic rings. The van der Waals surface area contributed by atoms with Gasteiger partial charge in [0.25, 0.3) is 5.56 Å². The number of benzene rings is 2. The van der Waals surface area contributed by atoms with Crippen molar-refractivity contribution in [3.8, 4) is 11.6 Å². The van der Waals surface area contributed by atoms with Gasteiger partial charge in [-0.1, -0.05) is 18.2 Å². The highest BCUT2D eigenvalue weighted by atomic mass is 19.1. The van der Waals surface area contributed by atoms with E-state index in [-0.39, 0.29) is 29.7 Å². The summed E-state index contributed by atoms with van der Waals surface area (Å²) < 4.78 is 20.3. The van der Waals surface area contributed by atoms with Gasteiger partial charge >= 0.3 is 0 Å². The number of aromatic nitrogens is 3. The van der Waals surface area contributed by atoms with Gasteiger partial charge in [0.2, 0.25) is 11.8 Å². The summed E-state index contributed by atoms with van der Waals surface area (Å²) in [5.41, 5.74) is 1.45. The minimum atomic E-state index is -0.335. The molecule has 172 valence electrons. The molecule has 1 fully saturated rings. The maximum atomic E-state index is 13.0. The average molecular weight is 458 g/mol. The summed E-state index contributed by atoms with van der Waals surface area (Å²) in [6.45, 7) is 0.323. The molecule has 5 rings (SSSR count). The van der Waals surface area contributed by atoms with Crippen molar-refractivity contribution < 1.29 is 13.9 Å². The first kappa shape index (κ1) is 21.8. The van der Waals surface area contributed by atoms with Crippen LogP contribution < -0.4 is 15.6 Å². The number of hydrogen-bond acceptors (Lipinski definition) is 5. The van der Waals surface area contributed by atoms with E-state index in [9.17, 15) is 14.0 Å². The van der Waals surface area contributed by atoms with Gasteiger partial charge in [0.05, 0.1) is 10.9 Å². The van der Waals surface area contributed by atoms with Gasteiger partial charge < -0.3 is 10.1 Å². The topological polar surface area (TPSA) is 86.1 Å². The van der Waals surface area contributed by atoms with Gasteiger partial charge in [0.1, 0.15) is 17.4 Å².